The number of aromatic nitrogens is 2. The molecule has 0 spiro atoms. The third-order valence-corrected chi connectivity index (χ3v) is 2.16. The Bertz CT molecular complexity index is 363. The minimum absolute atomic E-state index is 0.0741. The summed E-state index contributed by atoms with van der Waals surface area (Å²) in [7, 11) is -3.82. The van der Waals surface area contributed by atoms with Gasteiger partial charge in [0.1, 0.15) is 6.33 Å². The van der Waals surface area contributed by atoms with Crippen LogP contribution in [0.3, 0.4) is 0 Å². The lowest BCUT2D eigenvalue weighted by Gasteiger charge is -1.96. The maximum atomic E-state index is 10.7. The molecule has 1 rings (SSSR count). The van der Waals surface area contributed by atoms with E-state index in [1.54, 1.807) is 0 Å². The van der Waals surface area contributed by atoms with Crippen LogP contribution in [0, 0.1) is 0 Å². The van der Waals surface area contributed by atoms with Crippen molar-refractivity contribution >= 4 is 21.6 Å². The third kappa shape index (κ3) is 1.86. The molecule has 0 fully saturated rings. The predicted molar refractivity (Wildman–Crippen MR) is 38.4 cm³/mol. The summed E-state index contributed by atoms with van der Waals surface area (Å²) >= 11 is 5.42. The van der Waals surface area contributed by atoms with E-state index < -0.39 is 10.0 Å². The number of sulfonamides is 1. The van der Waals surface area contributed by atoms with Crippen molar-refractivity contribution in [2.75, 3.05) is 0 Å². The van der Waals surface area contributed by atoms with Crippen LogP contribution in [0.5, 0.6) is 0 Å². The van der Waals surface area contributed by atoms with Gasteiger partial charge < -0.3 is 0 Å². The Balaban J connectivity index is 3.37. The van der Waals surface area contributed by atoms with Crippen molar-refractivity contribution in [1.82, 2.24) is 9.97 Å². The van der Waals surface area contributed by atoms with Crippen molar-refractivity contribution in [3.63, 3.8) is 0 Å². The molecule has 0 saturated carbocycles. The Kier molecular flexibility index (Phi) is 2.08. The molecule has 2 N–H and O–H groups in total. The van der Waals surface area contributed by atoms with Crippen LogP contribution in [0.4, 0.5) is 0 Å². The summed E-state index contributed by atoms with van der Waals surface area (Å²) in [5, 5.41) is 4.33. The van der Waals surface area contributed by atoms with E-state index in [0.717, 1.165) is 12.5 Å². The maximum Gasteiger partial charge on any atom is 0.257 e. The topological polar surface area (TPSA) is 85.9 Å². The molecule has 0 atom stereocenters. The van der Waals surface area contributed by atoms with Gasteiger partial charge in [0.2, 0.25) is 0 Å². The Morgan fingerprint density at radius 3 is 2.55 bits per heavy atom. The molecule has 7 heteroatoms. The quantitative estimate of drug-likeness (QED) is 0.625. The van der Waals surface area contributed by atoms with Crippen molar-refractivity contribution in [1.29, 1.82) is 0 Å². The van der Waals surface area contributed by atoms with Gasteiger partial charge in [-0.25, -0.2) is 23.5 Å². The van der Waals surface area contributed by atoms with Gasteiger partial charge in [-0.15, -0.1) is 0 Å². The first-order chi connectivity index (χ1) is 5.02. The fraction of sp³-hybridized carbons (Fsp3) is 0. The van der Waals surface area contributed by atoms with Gasteiger partial charge in [0, 0.05) is 0 Å². The number of nitrogens with zero attached hydrogens (tertiary/aromatic N) is 2. The summed E-state index contributed by atoms with van der Waals surface area (Å²) in [6.45, 7) is 0. The number of hydrogen-bond donors (Lipinski definition) is 1. The molecule has 0 aliphatic rings. The normalized spacial score (nSPS) is 11.5. The average Bonchev–Trinajstić information content (AvgIpc) is 1.86. The molecule has 0 bridgehead atoms. The van der Waals surface area contributed by atoms with Crippen molar-refractivity contribution < 1.29 is 8.42 Å². The second-order valence-electron chi connectivity index (χ2n) is 1.72. The Hall–Kier alpha value is -0.720. The van der Waals surface area contributed by atoms with Crippen LogP contribution in [-0.2, 0) is 10.0 Å². The summed E-state index contributed by atoms with van der Waals surface area (Å²) in [6.07, 6.45) is 2.22. The predicted octanol–water partition coefficient (Wildman–Crippen LogP) is -0.223. The van der Waals surface area contributed by atoms with Crippen LogP contribution in [0.15, 0.2) is 17.6 Å². The minimum Gasteiger partial charge on any atom is -0.243 e. The first-order valence-corrected chi connectivity index (χ1v) is 4.42. The fourth-order valence-corrected chi connectivity index (χ4v) is 1.46. The van der Waals surface area contributed by atoms with Crippen molar-refractivity contribution in [2.45, 2.75) is 5.03 Å². The van der Waals surface area contributed by atoms with Gasteiger partial charge in [-0.2, -0.15) is 0 Å². The van der Waals surface area contributed by atoms with Crippen LogP contribution in [0.1, 0.15) is 0 Å². The van der Waals surface area contributed by atoms with Crippen molar-refractivity contribution in [2.24, 2.45) is 5.14 Å². The minimum atomic E-state index is -3.82. The number of rotatable bonds is 1. The van der Waals surface area contributed by atoms with Crippen molar-refractivity contribution in [3.8, 4) is 0 Å². The zero-order valence-electron chi connectivity index (χ0n) is 5.23. The number of hydrogen-bond acceptors (Lipinski definition) is 4. The van der Waals surface area contributed by atoms with E-state index in [1.807, 2.05) is 0 Å². The largest absolute Gasteiger partial charge is 0.257 e. The number of halogens is 1. The molecule has 60 valence electrons. The summed E-state index contributed by atoms with van der Waals surface area (Å²) in [4.78, 5) is 6.89. The number of primary sulfonamides is 1. The van der Waals surface area contributed by atoms with E-state index in [4.69, 9.17) is 16.7 Å². The van der Waals surface area contributed by atoms with E-state index in [-0.39, 0.29) is 10.0 Å². The highest BCUT2D eigenvalue weighted by Gasteiger charge is 2.13. The van der Waals surface area contributed by atoms with Gasteiger partial charge >= 0.3 is 0 Å². The molecule has 0 aliphatic heterocycles. The van der Waals surface area contributed by atoms with E-state index in [2.05, 4.69) is 9.97 Å². The molecular formula is C4H4ClN3O2S. The van der Waals surface area contributed by atoms with Gasteiger partial charge in [0.15, 0.2) is 5.03 Å². The van der Waals surface area contributed by atoms with E-state index >= 15 is 0 Å². The Labute approximate surface area is 68.3 Å². The maximum absolute atomic E-state index is 10.7. The Morgan fingerprint density at radius 1 is 1.55 bits per heavy atom. The monoisotopic (exact) mass is 193 g/mol. The van der Waals surface area contributed by atoms with E-state index in [0.29, 0.717) is 0 Å². The lowest BCUT2D eigenvalue weighted by molar-refractivity contribution is 0.593. The van der Waals surface area contributed by atoms with Gasteiger partial charge in [-0.3, -0.25) is 0 Å². The van der Waals surface area contributed by atoms with Crippen LogP contribution < -0.4 is 5.14 Å². The first-order valence-electron chi connectivity index (χ1n) is 2.50. The van der Waals surface area contributed by atoms with E-state index in [9.17, 15) is 8.42 Å². The zero-order valence-corrected chi connectivity index (χ0v) is 6.80. The zero-order chi connectivity index (χ0) is 8.48. The third-order valence-electron chi connectivity index (χ3n) is 0.903. The molecule has 0 saturated heterocycles. The molecule has 0 amide bonds. The lowest BCUT2D eigenvalue weighted by Crippen LogP contribution is -2.14. The molecule has 0 aliphatic carbocycles. The number of nitrogens with two attached hydrogens (primary N) is 1. The van der Waals surface area contributed by atoms with Gasteiger partial charge in [-0.05, 0) is 0 Å². The summed E-state index contributed by atoms with van der Waals surface area (Å²) < 4.78 is 21.3. The van der Waals surface area contributed by atoms with Crippen LogP contribution in [-0.4, -0.2) is 18.4 Å². The highest BCUT2D eigenvalue weighted by molar-refractivity contribution is 7.89. The van der Waals surface area contributed by atoms with Gasteiger partial charge in [0.05, 0.1) is 11.2 Å². The average molecular weight is 194 g/mol. The molecule has 0 aromatic carbocycles. The molecule has 1 aromatic heterocycles. The molecule has 5 nitrogen and oxygen atoms in total. The molecule has 0 unspecified atom stereocenters. The molecule has 1 heterocycles. The SMILES string of the molecule is NS(=O)(=O)c1ncncc1Cl. The Morgan fingerprint density at radius 2 is 2.18 bits per heavy atom. The molecule has 11 heavy (non-hydrogen) atoms. The highest BCUT2D eigenvalue weighted by atomic mass is 35.5. The van der Waals surface area contributed by atoms with E-state index in [1.165, 1.54) is 0 Å². The molecule has 0 radical (unpaired) electrons. The second-order valence-corrected chi connectivity index (χ2v) is 3.60. The van der Waals surface area contributed by atoms with Gasteiger partial charge in [-0.1, -0.05) is 11.6 Å². The first kappa shape index (κ1) is 8.38. The highest BCUT2D eigenvalue weighted by Crippen LogP contribution is 2.13. The van der Waals surface area contributed by atoms with Crippen molar-refractivity contribution in [3.05, 3.63) is 17.5 Å². The lowest BCUT2D eigenvalue weighted by atomic mass is 10.7. The standard InChI is InChI=1S/C4H4ClN3O2S/c5-3-1-7-2-8-4(3)11(6,9)10/h1-2H,(H2,6,9,10). The van der Waals surface area contributed by atoms with Crippen LogP contribution in [0.2, 0.25) is 5.02 Å². The molecule has 1 aromatic rings. The smallest absolute Gasteiger partial charge is 0.243 e. The summed E-state index contributed by atoms with van der Waals surface area (Å²) in [5.41, 5.74) is 0. The summed E-state index contributed by atoms with van der Waals surface area (Å²) in [6, 6.07) is 0. The second kappa shape index (κ2) is 2.72. The van der Waals surface area contributed by atoms with Gasteiger partial charge in [0.25, 0.3) is 10.0 Å². The van der Waals surface area contributed by atoms with Crippen LogP contribution in [0.25, 0.3) is 0 Å². The van der Waals surface area contributed by atoms with Crippen LogP contribution >= 0.6 is 11.6 Å². The molecular weight excluding hydrogens is 190 g/mol. The fourth-order valence-electron chi connectivity index (χ4n) is 0.511. The summed E-state index contributed by atoms with van der Waals surface area (Å²) in [5.74, 6) is 0.